The molecule has 386 valence electrons. The van der Waals surface area contributed by atoms with Gasteiger partial charge in [-0.25, -0.2) is 33.7 Å². The van der Waals surface area contributed by atoms with E-state index < -0.39 is 82.8 Å². The number of unbranched alkanes of at least 4 members (excludes halogenated alkanes) is 4. The number of carbonyl (C=O) groups is 2. The van der Waals surface area contributed by atoms with E-state index in [4.69, 9.17) is 0 Å². The monoisotopic (exact) mass is 1180 g/mol. The van der Waals surface area contributed by atoms with Crippen molar-refractivity contribution in [1.29, 1.82) is 0 Å². The van der Waals surface area contributed by atoms with Crippen LogP contribution in [0.15, 0.2) is 115 Å². The smallest absolute Gasteiger partial charge is 0.744 e. The van der Waals surface area contributed by atoms with Gasteiger partial charge in [0.15, 0.2) is 5.71 Å². The Kier molecular flexibility index (Phi) is 23.2. The number of aliphatic carboxylic acids is 2. The maximum Gasteiger partial charge on any atom is 1.00 e. The Morgan fingerprint density at radius 1 is 0.613 bits per heavy atom. The average Bonchev–Trinajstić information content (AvgIpc) is 3.63. The van der Waals surface area contributed by atoms with Gasteiger partial charge in [-0.2, -0.15) is 4.58 Å². The first-order valence-electron chi connectivity index (χ1n) is 23.1. The van der Waals surface area contributed by atoms with E-state index in [1.807, 2.05) is 67.6 Å². The van der Waals surface area contributed by atoms with Crippen molar-refractivity contribution in [2.45, 2.75) is 129 Å². The molecular formula is C50H53K3N2O16S4. The fourth-order valence-electron chi connectivity index (χ4n) is 10.4. The fourth-order valence-corrected chi connectivity index (χ4v) is 13.1. The number of nitrogens with zero attached hydrogens (tertiary/aromatic N) is 2. The molecule has 1 aliphatic carbocycles. The maximum atomic E-state index is 12.5. The Labute approximate surface area is 565 Å². The molecule has 75 heavy (non-hydrogen) atoms. The van der Waals surface area contributed by atoms with Crippen LogP contribution in [0.3, 0.4) is 0 Å². The molecule has 0 aromatic heterocycles. The van der Waals surface area contributed by atoms with Gasteiger partial charge in [0.1, 0.15) is 47.0 Å². The van der Waals surface area contributed by atoms with E-state index >= 15 is 0 Å². The second-order valence-corrected chi connectivity index (χ2v) is 24.8. The fraction of sp³-hybridized carbons (Fsp3) is 0.380. The summed E-state index contributed by atoms with van der Waals surface area (Å²) in [5, 5.41) is 18.5. The van der Waals surface area contributed by atoms with Crippen molar-refractivity contribution in [1.82, 2.24) is 0 Å². The van der Waals surface area contributed by atoms with Gasteiger partial charge < -0.3 is 33.3 Å². The van der Waals surface area contributed by atoms with Crippen molar-refractivity contribution in [2.75, 3.05) is 18.0 Å². The van der Waals surface area contributed by atoms with Crippen LogP contribution < -0.4 is 159 Å². The molecule has 0 atom stereocenters. The summed E-state index contributed by atoms with van der Waals surface area (Å²) in [4.78, 5) is 21.1. The minimum Gasteiger partial charge on any atom is -0.744 e. The number of hydrogen-bond donors (Lipinski definition) is 2. The van der Waals surface area contributed by atoms with Gasteiger partial charge in [-0.1, -0.05) is 44.6 Å². The van der Waals surface area contributed by atoms with Crippen LogP contribution >= 0.6 is 0 Å². The normalized spacial score (nSPS) is 17.4. The molecule has 2 aliphatic heterocycles. The molecule has 0 spiro atoms. The molecule has 18 nitrogen and oxygen atoms in total. The van der Waals surface area contributed by atoms with Crippen molar-refractivity contribution in [2.24, 2.45) is 0 Å². The van der Waals surface area contributed by atoms with Crippen LogP contribution in [0.2, 0.25) is 0 Å². The van der Waals surface area contributed by atoms with Crippen LogP contribution in [0.4, 0.5) is 11.4 Å². The van der Waals surface area contributed by atoms with Gasteiger partial charge >= 0.3 is 166 Å². The van der Waals surface area contributed by atoms with Gasteiger partial charge in [0, 0.05) is 65.7 Å². The van der Waals surface area contributed by atoms with Gasteiger partial charge in [-0.05, 0) is 134 Å². The van der Waals surface area contributed by atoms with E-state index in [1.165, 1.54) is 12.1 Å². The van der Waals surface area contributed by atoms with Gasteiger partial charge in [0.2, 0.25) is 5.69 Å². The van der Waals surface area contributed by atoms with Crippen LogP contribution in [0.5, 0.6) is 0 Å². The van der Waals surface area contributed by atoms with Crippen molar-refractivity contribution in [3.05, 3.63) is 107 Å². The first-order valence-corrected chi connectivity index (χ1v) is 28.8. The summed E-state index contributed by atoms with van der Waals surface area (Å²) in [5.74, 6) is -1.86. The zero-order chi connectivity index (χ0) is 52.9. The van der Waals surface area contributed by atoms with Gasteiger partial charge in [0.05, 0.1) is 25.0 Å². The second kappa shape index (κ2) is 26.1. The molecule has 2 heterocycles. The second-order valence-electron chi connectivity index (χ2n) is 19.3. The number of fused-ring (bicyclic) bond motifs is 6. The summed E-state index contributed by atoms with van der Waals surface area (Å²) in [6, 6.07) is 9.46. The molecule has 7 rings (SSSR count). The van der Waals surface area contributed by atoms with Crippen molar-refractivity contribution >= 4 is 91.0 Å². The number of carboxylic acid groups (broad SMARTS) is 2. The van der Waals surface area contributed by atoms with Crippen molar-refractivity contribution in [3.8, 4) is 0 Å². The van der Waals surface area contributed by atoms with Crippen LogP contribution in [-0.4, -0.2) is 97.4 Å². The van der Waals surface area contributed by atoms with Crippen LogP contribution in [-0.2, 0) is 60.9 Å². The number of rotatable bonds is 19. The Hall–Kier alpha value is -0.681. The number of benzene rings is 4. The maximum absolute atomic E-state index is 12.5. The zero-order valence-corrected chi connectivity index (χ0v) is 55.5. The molecule has 0 unspecified atom stereocenters. The number of hydrogen-bond acceptors (Lipinski definition) is 15. The van der Waals surface area contributed by atoms with Crippen molar-refractivity contribution < 1.29 is 230 Å². The Morgan fingerprint density at radius 2 is 1.13 bits per heavy atom. The van der Waals surface area contributed by atoms with E-state index in [2.05, 4.69) is 0 Å². The predicted molar refractivity (Wildman–Crippen MR) is 262 cm³/mol. The molecule has 4 aromatic rings. The molecule has 0 bridgehead atoms. The molecule has 2 N–H and O–H groups in total. The number of carboxylic acids is 2. The average molecular weight is 1180 g/mol. The van der Waals surface area contributed by atoms with Crippen LogP contribution in [0.1, 0.15) is 109 Å². The minimum absolute atomic E-state index is 0. The van der Waals surface area contributed by atoms with Crippen LogP contribution in [0, 0.1) is 0 Å². The summed E-state index contributed by atoms with van der Waals surface area (Å²) >= 11 is 0. The van der Waals surface area contributed by atoms with E-state index in [0.29, 0.717) is 99.1 Å². The summed E-state index contributed by atoms with van der Waals surface area (Å²) in [6.07, 6.45) is 14.8. The largest absolute Gasteiger partial charge is 1.00 e. The van der Waals surface area contributed by atoms with Crippen molar-refractivity contribution in [3.63, 3.8) is 0 Å². The van der Waals surface area contributed by atoms with Gasteiger partial charge in [-0.3, -0.25) is 9.59 Å². The first kappa shape index (κ1) is 66.8. The topological polar surface area (TPSA) is 310 Å². The molecule has 0 saturated heterocycles. The van der Waals surface area contributed by atoms with E-state index in [1.54, 1.807) is 12.1 Å². The third-order valence-corrected chi connectivity index (χ3v) is 17.0. The molecule has 0 amide bonds. The van der Waals surface area contributed by atoms with E-state index in [0.717, 1.165) is 41.1 Å². The SMILES string of the molecule is CC1(C)C(/C=C/C2=CC(=C/C=C3/N(CCCCCC(=O)O)c4ccc5c(S(=O)(=O)[O-])cc(S(=O)(=O)[O-])cc5c4C3(C)C)/CCC2)=[N+](CCCCCC(=O)O)c2ccc3c(S(=O)(=O)[O-])cc(S(=O)(=O)[O-])cc3c21.[K+].[K+].[K+]. The summed E-state index contributed by atoms with van der Waals surface area (Å²) in [7, 11) is -20.9. The quantitative estimate of drug-likeness (QED) is 0.0470. The standard InChI is InChI=1S/C50H56N2O16S4.3K/c1-49(2)43(51(24-9-5-7-14-45(53)54)39-20-18-35-37(47(39)49)27-33(69(57,58)59)29-41(35)71(63,64)65)22-16-31-12-11-13-32(26-31)17-23-44-50(3,4)48-38-28-34(70(60,61)62)30-42(72(66,67)68)36(38)19-21-40(48)52(44)25-10-6-8-15-46(55)56;;;/h16-23,26-30H,5-15,24-25H2,1-4H3,(H5-,53,54,55,56,57,58,59,60,61,62,63,64,65,66,67,68);;;/q;3*+1/p-3. The molecule has 0 fully saturated rings. The molecule has 0 radical (unpaired) electrons. The molecule has 0 saturated carbocycles. The third-order valence-electron chi connectivity index (χ3n) is 13.7. The minimum atomic E-state index is -5.25. The Balaban J connectivity index is 0.00000406. The van der Waals surface area contributed by atoms with E-state index in [-0.39, 0.29) is 189 Å². The summed E-state index contributed by atoms with van der Waals surface area (Å²) in [6.45, 7) is 8.20. The molecule has 25 heteroatoms. The number of anilines is 1. The predicted octanol–water partition coefficient (Wildman–Crippen LogP) is -1.44. The first-order chi connectivity index (χ1) is 33.4. The third kappa shape index (κ3) is 15.1. The molecule has 3 aliphatic rings. The van der Waals surface area contributed by atoms with E-state index in [9.17, 15) is 71.7 Å². The summed E-state index contributed by atoms with van der Waals surface area (Å²) in [5.41, 5.74) is 3.49. The Bertz CT molecular complexity index is 3590. The zero-order valence-electron chi connectivity index (χ0n) is 42.8. The van der Waals surface area contributed by atoms with Gasteiger partial charge in [-0.15, -0.1) is 0 Å². The summed E-state index contributed by atoms with van der Waals surface area (Å²) < 4.78 is 151. The Morgan fingerprint density at radius 3 is 1.65 bits per heavy atom. The van der Waals surface area contributed by atoms with Gasteiger partial charge in [0.25, 0.3) is 0 Å². The molecule has 4 aromatic carbocycles. The number of allylic oxidation sites excluding steroid dienone is 8. The molecular weight excluding hydrogens is 1130 g/mol. The van der Waals surface area contributed by atoms with Crippen LogP contribution in [0.25, 0.3) is 21.5 Å².